The Morgan fingerprint density at radius 2 is 1.94 bits per heavy atom. The van der Waals surface area contributed by atoms with Crippen LogP contribution in [0.2, 0.25) is 0 Å². The van der Waals surface area contributed by atoms with Gasteiger partial charge < -0.3 is 5.32 Å². The van der Waals surface area contributed by atoms with Crippen molar-refractivity contribution in [3.63, 3.8) is 0 Å². The lowest BCUT2D eigenvalue weighted by atomic mass is 9.79. The highest BCUT2D eigenvalue weighted by Gasteiger charge is 2.24. The molecule has 3 unspecified atom stereocenters. The first-order chi connectivity index (χ1) is 8.06. The Bertz CT molecular complexity index is 389. The first kappa shape index (κ1) is 12.4. The number of halogens is 1. The van der Waals surface area contributed by atoms with Crippen LogP contribution >= 0.6 is 0 Å². The largest absolute Gasteiger partial charge is 0.380 e. The summed E-state index contributed by atoms with van der Waals surface area (Å²) in [6.07, 6.45) is 3.54. The van der Waals surface area contributed by atoms with Crippen molar-refractivity contribution in [2.75, 3.05) is 5.32 Å². The fourth-order valence-electron chi connectivity index (χ4n) is 2.64. The monoisotopic (exact) mass is 235 g/mol. The quantitative estimate of drug-likeness (QED) is 0.802. The van der Waals surface area contributed by atoms with Crippen LogP contribution in [0.3, 0.4) is 0 Å². The Morgan fingerprint density at radius 1 is 1.18 bits per heavy atom. The molecule has 1 N–H and O–H groups in total. The summed E-state index contributed by atoms with van der Waals surface area (Å²) in [6, 6.07) is 5.84. The van der Waals surface area contributed by atoms with Gasteiger partial charge in [-0.15, -0.1) is 0 Å². The van der Waals surface area contributed by atoms with Gasteiger partial charge in [-0.2, -0.15) is 0 Å². The minimum atomic E-state index is -0.128. The van der Waals surface area contributed by atoms with Crippen LogP contribution in [0.25, 0.3) is 0 Å². The molecule has 3 atom stereocenters. The van der Waals surface area contributed by atoms with Crippen molar-refractivity contribution in [2.45, 2.75) is 46.1 Å². The molecule has 1 aliphatic carbocycles. The van der Waals surface area contributed by atoms with Crippen LogP contribution in [0.1, 0.15) is 38.7 Å². The lowest BCUT2D eigenvalue weighted by Crippen LogP contribution is -2.30. The third-order valence-electron chi connectivity index (χ3n) is 4.08. The zero-order chi connectivity index (χ0) is 12.4. The van der Waals surface area contributed by atoms with Crippen LogP contribution < -0.4 is 5.32 Å². The summed E-state index contributed by atoms with van der Waals surface area (Å²) < 4.78 is 13.7. The summed E-state index contributed by atoms with van der Waals surface area (Å²) >= 11 is 0. The molecule has 1 saturated carbocycles. The molecule has 1 aliphatic rings. The predicted molar refractivity (Wildman–Crippen MR) is 70.7 cm³/mol. The van der Waals surface area contributed by atoms with Gasteiger partial charge in [0, 0.05) is 6.04 Å². The van der Waals surface area contributed by atoms with Gasteiger partial charge in [0.2, 0.25) is 0 Å². The molecule has 0 spiro atoms. The van der Waals surface area contributed by atoms with Crippen LogP contribution in [-0.2, 0) is 0 Å². The molecule has 0 radical (unpaired) electrons. The van der Waals surface area contributed by atoms with E-state index in [1.54, 1.807) is 6.07 Å². The van der Waals surface area contributed by atoms with E-state index in [0.29, 0.717) is 11.7 Å². The molecule has 17 heavy (non-hydrogen) atoms. The molecule has 1 fully saturated rings. The topological polar surface area (TPSA) is 12.0 Å². The normalized spacial score (nSPS) is 29.1. The summed E-state index contributed by atoms with van der Waals surface area (Å²) in [5.41, 5.74) is 1.63. The van der Waals surface area contributed by atoms with Crippen molar-refractivity contribution in [3.8, 4) is 0 Å². The molecule has 94 valence electrons. The molecular weight excluding hydrogens is 213 g/mol. The standard InChI is InChI=1S/C15H22FN/c1-10-4-7-15(14(16)8-10)17-13-6-5-11(2)12(3)9-13/h4,7-8,11-13,17H,5-6,9H2,1-3H3. The SMILES string of the molecule is Cc1ccc(NC2CCC(C)C(C)C2)c(F)c1. The second kappa shape index (κ2) is 5.07. The minimum Gasteiger partial charge on any atom is -0.380 e. The van der Waals surface area contributed by atoms with Gasteiger partial charge in [0.15, 0.2) is 0 Å². The third kappa shape index (κ3) is 2.99. The summed E-state index contributed by atoms with van der Waals surface area (Å²) in [6.45, 7) is 6.52. The molecule has 0 bridgehead atoms. The second-order valence-corrected chi connectivity index (χ2v) is 5.59. The number of rotatable bonds is 2. The maximum absolute atomic E-state index is 13.7. The van der Waals surface area contributed by atoms with Crippen LogP contribution in [0.15, 0.2) is 18.2 Å². The Kier molecular flexibility index (Phi) is 3.70. The fourth-order valence-corrected chi connectivity index (χ4v) is 2.64. The molecule has 0 aliphatic heterocycles. The average Bonchev–Trinajstić information content (AvgIpc) is 2.27. The molecule has 2 rings (SSSR count). The van der Waals surface area contributed by atoms with Gasteiger partial charge >= 0.3 is 0 Å². The maximum Gasteiger partial charge on any atom is 0.146 e. The van der Waals surface area contributed by atoms with Gasteiger partial charge in [0.05, 0.1) is 5.69 Å². The zero-order valence-electron chi connectivity index (χ0n) is 11.0. The maximum atomic E-state index is 13.7. The number of benzene rings is 1. The highest BCUT2D eigenvalue weighted by atomic mass is 19.1. The van der Waals surface area contributed by atoms with E-state index in [2.05, 4.69) is 19.2 Å². The van der Waals surface area contributed by atoms with Crippen molar-refractivity contribution in [1.29, 1.82) is 0 Å². The third-order valence-corrected chi connectivity index (χ3v) is 4.08. The molecule has 1 aromatic carbocycles. The average molecular weight is 235 g/mol. The van der Waals surface area contributed by atoms with E-state index in [9.17, 15) is 4.39 Å². The van der Waals surface area contributed by atoms with Gasteiger partial charge in [-0.1, -0.05) is 19.9 Å². The van der Waals surface area contributed by atoms with E-state index < -0.39 is 0 Å². The fraction of sp³-hybridized carbons (Fsp3) is 0.600. The number of anilines is 1. The molecule has 0 amide bonds. The van der Waals surface area contributed by atoms with Crippen molar-refractivity contribution in [2.24, 2.45) is 11.8 Å². The van der Waals surface area contributed by atoms with Gasteiger partial charge in [-0.25, -0.2) is 4.39 Å². The number of hydrogen-bond donors (Lipinski definition) is 1. The zero-order valence-corrected chi connectivity index (χ0v) is 11.0. The van der Waals surface area contributed by atoms with Crippen molar-refractivity contribution in [3.05, 3.63) is 29.6 Å². The van der Waals surface area contributed by atoms with Gasteiger partial charge in [0.1, 0.15) is 5.82 Å². The Labute approximate surface area is 103 Å². The van der Waals surface area contributed by atoms with E-state index >= 15 is 0 Å². The predicted octanol–water partition coefficient (Wildman–Crippen LogP) is 4.37. The van der Waals surface area contributed by atoms with E-state index in [1.165, 1.54) is 6.42 Å². The number of nitrogens with one attached hydrogen (secondary N) is 1. The van der Waals surface area contributed by atoms with Crippen LogP contribution in [-0.4, -0.2) is 6.04 Å². The summed E-state index contributed by atoms with van der Waals surface area (Å²) in [5, 5.41) is 3.35. The summed E-state index contributed by atoms with van der Waals surface area (Å²) in [7, 11) is 0. The molecule has 0 saturated heterocycles. The van der Waals surface area contributed by atoms with Crippen LogP contribution in [0.5, 0.6) is 0 Å². The number of hydrogen-bond acceptors (Lipinski definition) is 1. The lowest BCUT2D eigenvalue weighted by molar-refractivity contribution is 0.260. The van der Waals surface area contributed by atoms with Crippen LogP contribution in [0, 0.1) is 24.6 Å². The minimum absolute atomic E-state index is 0.128. The Balaban J connectivity index is 2.01. The van der Waals surface area contributed by atoms with Crippen molar-refractivity contribution < 1.29 is 4.39 Å². The van der Waals surface area contributed by atoms with Gasteiger partial charge in [-0.05, 0) is 55.7 Å². The first-order valence-electron chi connectivity index (χ1n) is 6.59. The molecular formula is C15H22FN. The first-order valence-corrected chi connectivity index (χ1v) is 6.59. The molecule has 0 heterocycles. The lowest BCUT2D eigenvalue weighted by Gasteiger charge is -2.33. The Hall–Kier alpha value is -1.05. The molecule has 2 heteroatoms. The molecule has 0 aromatic heterocycles. The Morgan fingerprint density at radius 3 is 2.59 bits per heavy atom. The van der Waals surface area contributed by atoms with E-state index in [-0.39, 0.29) is 5.82 Å². The molecule has 1 nitrogen and oxygen atoms in total. The summed E-state index contributed by atoms with van der Waals surface area (Å²) in [4.78, 5) is 0. The van der Waals surface area contributed by atoms with Crippen molar-refractivity contribution >= 4 is 5.69 Å². The van der Waals surface area contributed by atoms with Gasteiger partial charge in [0.25, 0.3) is 0 Å². The smallest absolute Gasteiger partial charge is 0.146 e. The summed E-state index contributed by atoms with van der Waals surface area (Å²) in [5.74, 6) is 1.40. The number of aryl methyl sites for hydroxylation is 1. The van der Waals surface area contributed by atoms with Crippen molar-refractivity contribution in [1.82, 2.24) is 0 Å². The van der Waals surface area contributed by atoms with E-state index in [0.717, 1.165) is 30.2 Å². The highest BCUT2D eigenvalue weighted by molar-refractivity contribution is 5.47. The van der Waals surface area contributed by atoms with Crippen LogP contribution in [0.4, 0.5) is 10.1 Å². The second-order valence-electron chi connectivity index (χ2n) is 5.59. The molecule has 1 aromatic rings. The van der Waals surface area contributed by atoms with E-state index in [1.807, 2.05) is 19.1 Å². The highest BCUT2D eigenvalue weighted by Crippen LogP contribution is 2.31. The van der Waals surface area contributed by atoms with E-state index in [4.69, 9.17) is 0 Å². The van der Waals surface area contributed by atoms with Gasteiger partial charge in [-0.3, -0.25) is 0 Å².